The summed E-state index contributed by atoms with van der Waals surface area (Å²) in [6.45, 7) is 6.96. The first-order valence-electron chi connectivity index (χ1n) is 9.37. The molecule has 0 aromatic heterocycles. The number of thiocarbonyl (C=S) groups is 1. The van der Waals surface area contributed by atoms with Crippen LogP contribution in [0.2, 0.25) is 0 Å². The number of morpholine rings is 1. The molecule has 2 aromatic carbocycles. The van der Waals surface area contributed by atoms with Crippen LogP contribution < -0.4 is 10.2 Å². The van der Waals surface area contributed by atoms with Crippen LogP contribution in [0.4, 0.5) is 5.69 Å². The van der Waals surface area contributed by atoms with Gasteiger partial charge in [-0.05, 0) is 29.9 Å². The van der Waals surface area contributed by atoms with Crippen molar-refractivity contribution in [2.24, 2.45) is 0 Å². The molecule has 1 saturated heterocycles. The molecule has 26 heavy (non-hydrogen) atoms. The molecule has 0 aliphatic carbocycles. The Hall–Kier alpha value is -1.95. The highest BCUT2D eigenvalue weighted by molar-refractivity contribution is 7.80. The Morgan fingerprint density at radius 1 is 1.00 bits per heavy atom. The minimum atomic E-state index is 0.789. The van der Waals surface area contributed by atoms with Gasteiger partial charge in [0.1, 0.15) is 13.1 Å². The van der Waals surface area contributed by atoms with E-state index in [-0.39, 0.29) is 0 Å². The molecule has 1 aliphatic heterocycles. The number of ether oxygens (including phenoxy) is 1. The van der Waals surface area contributed by atoms with Crippen molar-refractivity contribution >= 4 is 23.0 Å². The van der Waals surface area contributed by atoms with Gasteiger partial charge in [0.05, 0.1) is 19.8 Å². The average molecular weight is 371 g/mol. The molecule has 4 nitrogen and oxygen atoms in total. The lowest BCUT2D eigenvalue weighted by Gasteiger charge is -2.28. The third-order valence-electron chi connectivity index (χ3n) is 4.69. The first kappa shape index (κ1) is 18.8. The molecule has 3 rings (SSSR count). The number of anilines is 1. The Kier molecular flexibility index (Phi) is 7.43. The van der Waals surface area contributed by atoms with Gasteiger partial charge in [-0.1, -0.05) is 48.5 Å². The van der Waals surface area contributed by atoms with Crippen molar-refractivity contribution in [2.75, 3.05) is 44.7 Å². The zero-order valence-electron chi connectivity index (χ0n) is 15.2. The molecule has 1 heterocycles. The predicted molar refractivity (Wildman–Crippen MR) is 111 cm³/mol. The van der Waals surface area contributed by atoms with E-state index < -0.39 is 0 Å². The molecule has 138 valence electrons. The Labute approximate surface area is 161 Å². The van der Waals surface area contributed by atoms with E-state index in [4.69, 9.17) is 17.0 Å². The van der Waals surface area contributed by atoms with Gasteiger partial charge in [-0.25, -0.2) is 0 Å². The Bertz CT molecular complexity index is 659. The summed E-state index contributed by atoms with van der Waals surface area (Å²) in [4.78, 5) is 3.91. The number of hydrogen-bond donors (Lipinski definition) is 2. The number of nitrogens with one attached hydrogen (secondary N) is 2. The maximum absolute atomic E-state index is 5.71. The summed E-state index contributed by atoms with van der Waals surface area (Å²) in [7, 11) is 0. The van der Waals surface area contributed by atoms with E-state index in [1.54, 1.807) is 4.90 Å². The molecule has 2 N–H and O–H groups in total. The van der Waals surface area contributed by atoms with Crippen LogP contribution in [0.3, 0.4) is 0 Å². The average Bonchev–Trinajstić information content (AvgIpc) is 2.69. The van der Waals surface area contributed by atoms with Gasteiger partial charge in [0, 0.05) is 25.2 Å². The zero-order chi connectivity index (χ0) is 18.0. The Morgan fingerprint density at radius 2 is 1.65 bits per heavy atom. The second kappa shape index (κ2) is 10.3. The van der Waals surface area contributed by atoms with Crippen LogP contribution in [0.15, 0.2) is 60.7 Å². The van der Waals surface area contributed by atoms with Crippen LogP contribution in [0.5, 0.6) is 0 Å². The van der Waals surface area contributed by atoms with Gasteiger partial charge < -0.3 is 19.9 Å². The summed E-state index contributed by atoms with van der Waals surface area (Å²) in [5.74, 6) is 0. The molecule has 0 unspecified atom stereocenters. The number of hydrogen-bond acceptors (Lipinski definition) is 2. The third kappa shape index (κ3) is 6.09. The standard InChI is InChI=1S/C21H27N3OS/c26-21(22-20-10-5-2-6-11-20)24(18-19-8-3-1-4-9-19)13-7-12-23-14-16-25-17-15-23/h1-6,8-11H,7,12-18H2,(H,22,26)/p+1. The summed E-state index contributed by atoms with van der Waals surface area (Å²) in [6.07, 6.45) is 1.12. The summed E-state index contributed by atoms with van der Waals surface area (Å²) in [6, 6.07) is 20.7. The van der Waals surface area contributed by atoms with Crippen LogP contribution >= 0.6 is 12.2 Å². The minimum absolute atomic E-state index is 0.789. The molecular formula is C21H28N3OS+. The van der Waals surface area contributed by atoms with Crippen molar-refractivity contribution in [3.8, 4) is 0 Å². The fourth-order valence-corrected chi connectivity index (χ4v) is 3.48. The van der Waals surface area contributed by atoms with Crippen molar-refractivity contribution in [3.05, 3.63) is 66.2 Å². The Balaban J connectivity index is 1.57. The largest absolute Gasteiger partial charge is 0.370 e. The number of nitrogens with zero attached hydrogens (tertiary/aromatic N) is 1. The molecule has 0 spiro atoms. The van der Waals surface area contributed by atoms with Gasteiger partial charge in [0.15, 0.2) is 5.11 Å². The summed E-state index contributed by atoms with van der Waals surface area (Å²) < 4.78 is 5.45. The number of rotatable bonds is 7. The van der Waals surface area contributed by atoms with Crippen molar-refractivity contribution in [1.82, 2.24) is 4.90 Å². The minimum Gasteiger partial charge on any atom is -0.370 e. The Morgan fingerprint density at radius 3 is 2.35 bits per heavy atom. The number of para-hydroxylation sites is 1. The van der Waals surface area contributed by atoms with Crippen LogP contribution in [0.25, 0.3) is 0 Å². The number of quaternary nitrogens is 1. The third-order valence-corrected chi connectivity index (χ3v) is 5.05. The van der Waals surface area contributed by atoms with Crippen LogP contribution in [-0.2, 0) is 11.3 Å². The molecule has 0 bridgehead atoms. The molecular weight excluding hydrogens is 342 g/mol. The van der Waals surface area contributed by atoms with Crippen molar-refractivity contribution < 1.29 is 9.64 Å². The second-order valence-electron chi connectivity index (χ2n) is 6.67. The van der Waals surface area contributed by atoms with E-state index in [2.05, 4.69) is 40.5 Å². The second-order valence-corrected chi connectivity index (χ2v) is 7.06. The highest BCUT2D eigenvalue weighted by atomic mass is 32.1. The van der Waals surface area contributed by atoms with E-state index in [1.165, 1.54) is 12.1 Å². The smallest absolute Gasteiger partial charge is 0.173 e. The number of benzene rings is 2. The highest BCUT2D eigenvalue weighted by Gasteiger charge is 2.15. The molecule has 0 radical (unpaired) electrons. The molecule has 1 fully saturated rings. The van der Waals surface area contributed by atoms with Crippen LogP contribution in [-0.4, -0.2) is 49.4 Å². The van der Waals surface area contributed by atoms with Gasteiger partial charge in [-0.2, -0.15) is 0 Å². The van der Waals surface area contributed by atoms with Crippen molar-refractivity contribution in [1.29, 1.82) is 0 Å². The molecule has 0 amide bonds. The normalized spacial score (nSPS) is 14.8. The fourth-order valence-electron chi connectivity index (χ4n) is 3.21. The maximum atomic E-state index is 5.71. The van der Waals surface area contributed by atoms with Gasteiger partial charge in [-0.3, -0.25) is 0 Å². The molecule has 2 aromatic rings. The van der Waals surface area contributed by atoms with Crippen LogP contribution in [0, 0.1) is 0 Å². The summed E-state index contributed by atoms with van der Waals surface area (Å²) in [5, 5.41) is 4.17. The maximum Gasteiger partial charge on any atom is 0.173 e. The van der Waals surface area contributed by atoms with E-state index in [1.807, 2.05) is 30.3 Å². The van der Waals surface area contributed by atoms with E-state index in [0.29, 0.717) is 0 Å². The first-order valence-corrected chi connectivity index (χ1v) is 9.78. The van der Waals surface area contributed by atoms with E-state index in [0.717, 1.165) is 56.6 Å². The monoisotopic (exact) mass is 370 g/mol. The van der Waals surface area contributed by atoms with E-state index >= 15 is 0 Å². The van der Waals surface area contributed by atoms with Crippen molar-refractivity contribution in [2.45, 2.75) is 13.0 Å². The molecule has 0 atom stereocenters. The van der Waals surface area contributed by atoms with Gasteiger partial charge in [-0.15, -0.1) is 0 Å². The lowest BCUT2D eigenvalue weighted by atomic mass is 10.2. The van der Waals surface area contributed by atoms with Gasteiger partial charge in [0.2, 0.25) is 0 Å². The van der Waals surface area contributed by atoms with Gasteiger partial charge in [0.25, 0.3) is 0 Å². The topological polar surface area (TPSA) is 28.9 Å². The highest BCUT2D eigenvalue weighted by Crippen LogP contribution is 2.10. The fraction of sp³-hybridized carbons (Fsp3) is 0.381. The first-order chi connectivity index (χ1) is 12.8. The lowest BCUT2D eigenvalue weighted by Crippen LogP contribution is -3.14. The van der Waals surface area contributed by atoms with Crippen LogP contribution in [0.1, 0.15) is 12.0 Å². The van der Waals surface area contributed by atoms with E-state index in [9.17, 15) is 0 Å². The lowest BCUT2D eigenvalue weighted by molar-refractivity contribution is -0.908. The quantitative estimate of drug-likeness (QED) is 0.731. The summed E-state index contributed by atoms with van der Waals surface area (Å²) >= 11 is 5.71. The molecule has 5 heteroatoms. The zero-order valence-corrected chi connectivity index (χ0v) is 16.0. The molecule has 1 aliphatic rings. The summed E-state index contributed by atoms with van der Waals surface area (Å²) in [5.41, 5.74) is 2.32. The SMILES string of the molecule is S=C(Nc1ccccc1)N(CCC[NH+]1CCOCC1)Cc1ccccc1. The predicted octanol–water partition coefficient (Wildman–Crippen LogP) is 2.19. The van der Waals surface area contributed by atoms with Gasteiger partial charge >= 0.3 is 0 Å². The molecule has 0 saturated carbocycles. The van der Waals surface area contributed by atoms with Crippen molar-refractivity contribution in [3.63, 3.8) is 0 Å².